The summed E-state index contributed by atoms with van der Waals surface area (Å²) in [6, 6.07) is 5.04. The molecule has 2 N–H and O–H groups in total. The molecule has 1 unspecified atom stereocenters. The lowest BCUT2D eigenvalue weighted by Crippen LogP contribution is -2.23. The Kier molecular flexibility index (Phi) is 5.20. The standard InChI is InChI=1S/C16H24FNO/c1-19-14-11-7-10-13(15(14)17)16(18)12-8-5-3-2-4-6-9-12/h7,10-12,16H,2-6,8-9,18H2,1H3. The molecule has 2 rings (SSSR count). The molecular formula is C16H24FNO. The molecule has 1 atom stereocenters. The number of methoxy groups -OCH3 is 1. The van der Waals surface area contributed by atoms with Crippen molar-refractivity contribution in [1.82, 2.24) is 0 Å². The minimum absolute atomic E-state index is 0.215. The van der Waals surface area contributed by atoms with E-state index in [1.165, 1.54) is 39.2 Å². The van der Waals surface area contributed by atoms with E-state index in [1.54, 1.807) is 12.1 Å². The molecule has 0 amide bonds. The second kappa shape index (κ2) is 6.90. The van der Waals surface area contributed by atoms with Crippen LogP contribution in [0.4, 0.5) is 4.39 Å². The Morgan fingerprint density at radius 2 is 1.79 bits per heavy atom. The highest BCUT2D eigenvalue weighted by atomic mass is 19.1. The summed E-state index contributed by atoms with van der Waals surface area (Å²) in [5.41, 5.74) is 6.92. The van der Waals surface area contributed by atoms with Crippen LogP contribution in [0.3, 0.4) is 0 Å². The molecule has 2 nitrogen and oxygen atoms in total. The number of ether oxygens (including phenoxy) is 1. The molecule has 19 heavy (non-hydrogen) atoms. The first-order chi connectivity index (χ1) is 9.24. The second-order valence-electron chi connectivity index (χ2n) is 5.49. The van der Waals surface area contributed by atoms with Gasteiger partial charge in [0.2, 0.25) is 0 Å². The van der Waals surface area contributed by atoms with Crippen LogP contribution in [0.5, 0.6) is 5.75 Å². The molecule has 1 aliphatic rings. The molecule has 1 saturated carbocycles. The van der Waals surface area contributed by atoms with Crippen molar-refractivity contribution < 1.29 is 9.13 Å². The van der Waals surface area contributed by atoms with Crippen LogP contribution in [0.1, 0.15) is 56.6 Å². The van der Waals surface area contributed by atoms with Crippen LogP contribution in [0, 0.1) is 11.7 Å². The van der Waals surface area contributed by atoms with Gasteiger partial charge in [0, 0.05) is 11.6 Å². The zero-order valence-electron chi connectivity index (χ0n) is 11.7. The van der Waals surface area contributed by atoms with Crippen molar-refractivity contribution in [2.45, 2.75) is 51.0 Å². The van der Waals surface area contributed by atoms with Crippen molar-refractivity contribution in [1.29, 1.82) is 0 Å². The van der Waals surface area contributed by atoms with Gasteiger partial charge in [-0.1, -0.05) is 44.2 Å². The Hall–Kier alpha value is -1.09. The van der Waals surface area contributed by atoms with Crippen molar-refractivity contribution >= 4 is 0 Å². The molecule has 0 bridgehead atoms. The Morgan fingerprint density at radius 3 is 2.42 bits per heavy atom. The quantitative estimate of drug-likeness (QED) is 0.889. The number of halogens is 1. The van der Waals surface area contributed by atoms with Crippen LogP contribution in [0.2, 0.25) is 0 Å². The molecule has 0 heterocycles. The van der Waals surface area contributed by atoms with E-state index in [0.717, 1.165) is 12.8 Å². The molecule has 0 aromatic heterocycles. The number of hydrogen-bond donors (Lipinski definition) is 1. The lowest BCUT2D eigenvalue weighted by molar-refractivity contribution is 0.318. The van der Waals surface area contributed by atoms with Gasteiger partial charge in [0.1, 0.15) is 0 Å². The van der Waals surface area contributed by atoms with E-state index in [0.29, 0.717) is 17.2 Å². The predicted octanol–water partition coefficient (Wildman–Crippen LogP) is 4.19. The first kappa shape index (κ1) is 14.3. The topological polar surface area (TPSA) is 35.2 Å². The van der Waals surface area contributed by atoms with Crippen LogP contribution < -0.4 is 10.5 Å². The first-order valence-electron chi connectivity index (χ1n) is 7.32. The highest BCUT2D eigenvalue weighted by molar-refractivity contribution is 5.33. The largest absolute Gasteiger partial charge is 0.494 e. The summed E-state index contributed by atoms with van der Waals surface area (Å²) in [6.07, 6.45) is 8.53. The summed E-state index contributed by atoms with van der Waals surface area (Å²) in [5.74, 6) is 0.389. The molecule has 3 heteroatoms. The van der Waals surface area contributed by atoms with Crippen LogP contribution in [-0.4, -0.2) is 7.11 Å². The fraction of sp³-hybridized carbons (Fsp3) is 0.625. The van der Waals surface area contributed by atoms with E-state index < -0.39 is 0 Å². The fourth-order valence-corrected chi connectivity index (χ4v) is 3.04. The molecule has 1 aromatic rings. The van der Waals surface area contributed by atoms with Gasteiger partial charge in [-0.2, -0.15) is 0 Å². The van der Waals surface area contributed by atoms with Gasteiger partial charge in [-0.25, -0.2) is 4.39 Å². The molecule has 106 valence electrons. The maximum atomic E-state index is 14.3. The molecule has 1 fully saturated rings. The third-order valence-corrected chi connectivity index (χ3v) is 4.23. The highest BCUT2D eigenvalue weighted by Crippen LogP contribution is 2.34. The SMILES string of the molecule is COc1cccc(C(N)C2CCCCCCC2)c1F. The number of hydrogen-bond acceptors (Lipinski definition) is 2. The fourth-order valence-electron chi connectivity index (χ4n) is 3.04. The van der Waals surface area contributed by atoms with E-state index in [1.807, 2.05) is 6.07 Å². The van der Waals surface area contributed by atoms with E-state index in [9.17, 15) is 4.39 Å². The van der Waals surface area contributed by atoms with E-state index >= 15 is 0 Å². The third kappa shape index (κ3) is 3.47. The summed E-state index contributed by atoms with van der Waals surface area (Å²) in [7, 11) is 1.49. The Labute approximate surface area is 115 Å². The summed E-state index contributed by atoms with van der Waals surface area (Å²) in [5, 5.41) is 0. The van der Waals surface area contributed by atoms with E-state index in [2.05, 4.69) is 0 Å². The number of benzene rings is 1. The monoisotopic (exact) mass is 265 g/mol. The molecule has 0 spiro atoms. The van der Waals surface area contributed by atoms with E-state index in [4.69, 9.17) is 10.5 Å². The van der Waals surface area contributed by atoms with Crippen molar-refractivity contribution in [3.8, 4) is 5.75 Å². The molecular weight excluding hydrogens is 241 g/mol. The summed E-state index contributed by atoms with van der Waals surface area (Å²) in [4.78, 5) is 0. The average molecular weight is 265 g/mol. The van der Waals surface area contributed by atoms with Gasteiger partial charge < -0.3 is 10.5 Å². The Bertz CT molecular complexity index is 400. The van der Waals surface area contributed by atoms with Crippen molar-refractivity contribution in [2.24, 2.45) is 11.7 Å². The van der Waals surface area contributed by atoms with Gasteiger partial charge in [-0.05, 0) is 24.8 Å². The summed E-state index contributed by atoms with van der Waals surface area (Å²) < 4.78 is 19.3. The highest BCUT2D eigenvalue weighted by Gasteiger charge is 2.23. The van der Waals surface area contributed by atoms with E-state index in [-0.39, 0.29) is 11.9 Å². The van der Waals surface area contributed by atoms with Crippen LogP contribution in [0.25, 0.3) is 0 Å². The molecule has 1 aliphatic carbocycles. The number of nitrogens with two attached hydrogens (primary N) is 1. The third-order valence-electron chi connectivity index (χ3n) is 4.23. The predicted molar refractivity (Wildman–Crippen MR) is 75.7 cm³/mol. The molecule has 0 radical (unpaired) electrons. The van der Waals surface area contributed by atoms with Gasteiger partial charge >= 0.3 is 0 Å². The van der Waals surface area contributed by atoms with Gasteiger partial charge in [-0.15, -0.1) is 0 Å². The lowest BCUT2D eigenvalue weighted by Gasteiger charge is -2.26. The average Bonchev–Trinajstić information content (AvgIpc) is 2.38. The maximum absolute atomic E-state index is 14.3. The zero-order valence-corrected chi connectivity index (χ0v) is 11.7. The smallest absolute Gasteiger partial charge is 0.169 e. The van der Waals surface area contributed by atoms with Gasteiger partial charge in [0.05, 0.1) is 7.11 Å². The minimum Gasteiger partial charge on any atom is -0.494 e. The normalized spacial score (nSPS) is 19.5. The Morgan fingerprint density at radius 1 is 1.16 bits per heavy atom. The van der Waals surface area contributed by atoms with Gasteiger partial charge in [0.15, 0.2) is 11.6 Å². The minimum atomic E-state index is -0.292. The second-order valence-corrected chi connectivity index (χ2v) is 5.49. The van der Waals surface area contributed by atoms with Gasteiger partial charge in [-0.3, -0.25) is 0 Å². The number of rotatable bonds is 3. The molecule has 0 saturated heterocycles. The van der Waals surface area contributed by atoms with Gasteiger partial charge in [0.25, 0.3) is 0 Å². The van der Waals surface area contributed by atoms with Crippen molar-refractivity contribution in [2.75, 3.05) is 7.11 Å². The summed E-state index contributed by atoms with van der Waals surface area (Å²) >= 11 is 0. The van der Waals surface area contributed by atoms with Crippen molar-refractivity contribution in [3.63, 3.8) is 0 Å². The molecule has 1 aromatic carbocycles. The first-order valence-corrected chi connectivity index (χ1v) is 7.32. The molecule has 0 aliphatic heterocycles. The summed E-state index contributed by atoms with van der Waals surface area (Å²) in [6.45, 7) is 0. The van der Waals surface area contributed by atoms with Crippen LogP contribution in [-0.2, 0) is 0 Å². The van der Waals surface area contributed by atoms with Crippen LogP contribution in [0.15, 0.2) is 18.2 Å². The van der Waals surface area contributed by atoms with Crippen molar-refractivity contribution in [3.05, 3.63) is 29.6 Å². The maximum Gasteiger partial charge on any atom is 0.169 e. The lowest BCUT2D eigenvalue weighted by atomic mass is 9.83. The zero-order chi connectivity index (χ0) is 13.7. The van der Waals surface area contributed by atoms with Crippen LogP contribution >= 0.6 is 0 Å². The Balaban J connectivity index is 2.15.